The highest BCUT2D eigenvalue weighted by molar-refractivity contribution is 6.20. The number of amidine groups is 1. The number of benzene rings is 1. The average molecular weight is 436 g/mol. The lowest BCUT2D eigenvalue weighted by atomic mass is 9.82. The number of alkyl halides is 3. The summed E-state index contributed by atoms with van der Waals surface area (Å²) >= 11 is 0. The Morgan fingerprint density at radius 3 is 2.29 bits per heavy atom. The number of rotatable bonds is 8. The molecule has 7 nitrogen and oxygen atoms in total. The van der Waals surface area contributed by atoms with Crippen LogP contribution in [0.5, 0.6) is 0 Å². The van der Waals surface area contributed by atoms with E-state index in [0.717, 1.165) is 31.4 Å². The largest absolute Gasteiger partial charge is 0.416 e. The second kappa shape index (κ2) is 9.51. The van der Waals surface area contributed by atoms with Crippen LogP contribution >= 0.6 is 0 Å². The molecule has 7 N–H and O–H groups in total. The summed E-state index contributed by atoms with van der Waals surface area (Å²) in [6, 6.07) is 5.04. The van der Waals surface area contributed by atoms with Gasteiger partial charge in [-0.3, -0.25) is 4.79 Å². The Bertz CT molecular complexity index is 861. The Kier molecular flexibility index (Phi) is 6.99. The van der Waals surface area contributed by atoms with Crippen molar-refractivity contribution in [2.45, 2.75) is 56.4 Å². The van der Waals surface area contributed by atoms with Crippen LogP contribution in [0.25, 0.3) is 0 Å². The number of nitrogens with zero attached hydrogens (tertiary/aromatic N) is 1. The molecular weight excluding hydrogens is 409 g/mol. The molecule has 0 unspecified atom stereocenters. The first-order valence-electron chi connectivity index (χ1n) is 10.2. The molecule has 3 rings (SSSR count). The second-order valence-electron chi connectivity index (χ2n) is 8.02. The number of hydrogen-bond donors (Lipinski definition) is 5. The molecule has 2 aliphatic rings. The van der Waals surface area contributed by atoms with Crippen molar-refractivity contribution >= 4 is 23.6 Å². The Morgan fingerprint density at radius 2 is 1.74 bits per heavy atom. The first-order chi connectivity index (χ1) is 14.7. The fourth-order valence-electron chi connectivity index (χ4n) is 3.72. The van der Waals surface area contributed by atoms with E-state index in [1.807, 2.05) is 0 Å². The van der Waals surface area contributed by atoms with Gasteiger partial charge in [-0.25, -0.2) is 4.99 Å². The predicted molar refractivity (Wildman–Crippen MR) is 113 cm³/mol. The molecule has 0 aromatic heterocycles. The zero-order valence-electron chi connectivity index (χ0n) is 17.0. The van der Waals surface area contributed by atoms with Gasteiger partial charge in [-0.15, -0.1) is 0 Å². The second-order valence-corrected chi connectivity index (χ2v) is 8.02. The van der Waals surface area contributed by atoms with Crippen molar-refractivity contribution in [3.05, 3.63) is 41.6 Å². The molecule has 1 amide bonds. The van der Waals surface area contributed by atoms with Crippen LogP contribution in [0.4, 0.5) is 18.9 Å². The van der Waals surface area contributed by atoms with Crippen molar-refractivity contribution in [2.75, 3.05) is 0 Å². The molecule has 0 bridgehead atoms. The van der Waals surface area contributed by atoms with Crippen LogP contribution in [0.1, 0.15) is 37.7 Å². The maximum Gasteiger partial charge on any atom is 0.416 e. The van der Waals surface area contributed by atoms with Crippen molar-refractivity contribution in [1.82, 2.24) is 10.6 Å². The third-order valence-corrected chi connectivity index (χ3v) is 5.59. The summed E-state index contributed by atoms with van der Waals surface area (Å²) in [5, 5.41) is 14.5. The normalized spacial score (nSPS) is 25.2. The van der Waals surface area contributed by atoms with Gasteiger partial charge in [0.05, 0.1) is 16.8 Å². The van der Waals surface area contributed by atoms with E-state index in [1.54, 1.807) is 0 Å². The maximum atomic E-state index is 12.7. The van der Waals surface area contributed by atoms with Gasteiger partial charge in [0.2, 0.25) is 0 Å². The fourth-order valence-corrected chi connectivity index (χ4v) is 3.72. The van der Waals surface area contributed by atoms with E-state index in [9.17, 15) is 18.0 Å². The minimum atomic E-state index is -4.45. The van der Waals surface area contributed by atoms with Crippen molar-refractivity contribution < 1.29 is 18.0 Å². The van der Waals surface area contributed by atoms with E-state index in [-0.39, 0.29) is 29.1 Å². The smallest absolute Gasteiger partial charge is 0.387 e. The first kappa shape index (κ1) is 22.8. The van der Waals surface area contributed by atoms with Gasteiger partial charge in [0.1, 0.15) is 5.84 Å². The van der Waals surface area contributed by atoms with Gasteiger partial charge < -0.3 is 27.5 Å². The SMILES string of the molecule is N=C[C@H]1C[C@@H](NC2CC2)CC[C@@H]1N/C=C(/C(N)=O)C(N)=Nc1ccc(C(F)(F)F)cc1. The highest BCUT2D eigenvalue weighted by Gasteiger charge is 2.32. The van der Waals surface area contributed by atoms with Crippen LogP contribution in [0, 0.1) is 11.3 Å². The van der Waals surface area contributed by atoms with Crippen LogP contribution in [-0.2, 0) is 11.0 Å². The molecule has 0 radical (unpaired) electrons. The minimum Gasteiger partial charge on any atom is -0.387 e. The fraction of sp³-hybridized carbons (Fsp3) is 0.476. The van der Waals surface area contributed by atoms with E-state index < -0.39 is 17.6 Å². The molecule has 2 aliphatic carbocycles. The topological polar surface area (TPSA) is 129 Å². The molecule has 0 saturated heterocycles. The highest BCUT2D eigenvalue weighted by Crippen LogP contribution is 2.30. The van der Waals surface area contributed by atoms with Crippen LogP contribution in [0.15, 0.2) is 41.0 Å². The lowest BCUT2D eigenvalue weighted by Gasteiger charge is -2.35. The van der Waals surface area contributed by atoms with E-state index in [0.29, 0.717) is 12.1 Å². The third-order valence-electron chi connectivity index (χ3n) is 5.59. The van der Waals surface area contributed by atoms with E-state index in [1.165, 1.54) is 37.4 Å². The lowest BCUT2D eigenvalue weighted by molar-refractivity contribution is -0.137. The number of carbonyl (C=O) groups is 1. The molecule has 3 atom stereocenters. The van der Waals surface area contributed by atoms with E-state index in [2.05, 4.69) is 15.6 Å². The van der Waals surface area contributed by atoms with Crippen molar-refractivity contribution in [2.24, 2.45) is 22.4 Å². The number of halogens is 3. The molecule has 0 heterocycles. The number of hydrogen-bond acceptors (Lipinski definition) is 5. The number of amides is 1. The maximum absolute atomic E-state index is 12.7. The Hall–Kier alpha value is -2.88. The van der Waals surface area contributed by atoms with E-state index >= 15 is 0 Å². The summed E-state index contributed by atoms with van der Waals surface area (Å²) in [7, 11) is 0. The van der Waals surface area contributed by atoms with Gasteiger partial charge in [0, 0.05) is 36.5 Å². The van der Waals surface area contributed by atoms with Crippen molar-refractivity contribution in [3.63, 3.8) is 0 Å². The van der Waals surface area contributed by atoms with Crippen LogP contribution in [0.2, 0.25) is 0 Å². The van der Waals surface area contributed by atoms with Crippen molar-refractivity contribution in [3.8, 4) is 0 Å². The van der Waals surface area contributed by atoms with Crippen molar-refractivity contribution in [1.29, 1.82) is 5.41 Å². The summed E-state index contributed by atoms with van der Waals surface area (Å²) in [6.45, 7) is 0. The van der Waals surface area contributed by atoms with Crippen LogP contribution in [-0.4, -0.2) is 36.1 Å². The number of nitrogens with one attached hydrogen (secondary N) is 3. The molecule has 1 aromatic carbocycles. The molecule has 168 valence electrons. The summed E-state index contributed by atoms with van der Waals surface area (Å²) in [5.74, 6) is -1.02. The molecule has 0 aliphatic heterocycles. The minimum absolute atomic E-state index is 0.0107. The zero-order valence-corrected chi connectivity index (χ0v) is 17.0. The Morgan fingerprint density at radius 1 is 1.10 bits per heavy atom. The lowest BCUT2D eigenvalue weighted by Crippen LogP contribution is -2.46. The quantitative estimate of drug-likeness (QED) is 0.244. The number of nitrogens with two attached hydrogens (primary N) is 2. The summed E-state index contributed by atoms with van der Waals surface area (Å²) in [4.78, 5) is 15.9. The van der Waals surface area contributed by atoms with Gasteiger partial charge in [0.25, 0.3) is 5.91 Å². The predicted octanol–water partition coefficient (Wildman–Crippen LogP) is 2.59. The van der Waals surface area contributed by atoms with E-state index in [4.69, 9.17) is 16.9 Å². The molecule has 0 spiro atoms. The molecule has 31 heavy (non-hydrogen) atoms. The Labute approximate surface area is 178 Å². The van der Waals surface area contributed by atoms with Gasteiger partial charge in [-0.05, 0) is 56.4 Å². The summed E-state index contributed by atoms with van der Waals surface area (Å²) in [6.07, 6.45) is 3.35. The van der Waals surface area contributed by atoms with Gasteiger partial charge >= 0.3 is 6.18 Å². The molecular formula is C21H27F3N6O. The number of carbonyl (C=O) groups excluding carboxylic acids is 1. The average Bonchev–Trinajstić information content (AvgIpc) is 3.52. The number of primary amides is 1. The molecule has 10 heteroatoms. The van der Waals surface area contributed by atoms with Crippen LogP contribution < -0.4 is 22.1 Å². The van der Waals surface area contributed by atoms with Crippen LogP contribution in [0.3, 0.4) is 0 Å². The third kappa shape index (κ3) is 6.30. The first-order valence-corrected chi connectivity index (χ1v) is 10.2. The molecule has 1 aromatic rings. The van der Waals surface area contributed by atoms with Gasteiger partial charge in [-0.1, -0.05) is 0 Å². The molecule has 2 saturated carbocycles. The summed E-state index contributed by atoms with van der Waals surface area (Å²) < 4.78 is 38.1. The standard InChI is InChI=1S/C21H27F3N6O/c22-21(23,24)13-1-3-15(4-2-13)30-19(26)17(20(27)31)11-28-18-8-7-16(9-12(18)10-25)29-14-5-6-14/h1-4,10-12,14,16,18,25,28-29H,5-9H2,(H2,26,30)(H2,27,31)/b17-11+,25-10?/t12-,16+,18+/m1/s1. The molecule has 2 fully saturated rings. The summed E-state index contributed by atoms with van der Waals surface area (Å²) in [5.41, 5.74) is 10.6. The Balaban J connectivity index is 1.68. The number of aliphatic imine (C=N–C) groups is 1. The van der Waals surface area contributed by atoms with Gasteiger partial charge in [-0.2, -0.15) is 13.2 Å². The monoisotopic (exact) mass is 436 g/mol. The zero-order chi connectivity index (χ0) is 22.6. The highest BCUT2D eigenvalue weighted by atomic mass is 19.4. The van der Waals surface area contributed by atoms with Gasteiger partial charge in [0.15, 0.2) is 0 Å².